The summed E-state index contributed by atoms with van der Waals surface area (Å²) in [4.78, 5) is 2.54. The van der Waals surface area contributed by atoms with Gasteiger partial charge in [-0.15, -0.1) is 0 Å². The molecule has 2 rings (SSSR count). The number of benzene rings is 1. The van der Waals surface area contributed by atoms with Crippen LogP contribution in [0.25, 0.3) is 0 Å². The number of unbranched alkanes of at least 4 members (excludes halogenated alkanes) is 1. The predicted molar refractivity (Wildman–Crippen MR) is 88.2 cm³/mol. The van der Waals surface area contributed by atoms with Crippen LogP contribution in [0.2, 0.25) is 0 Å². The molecule has 1 fully saturated rings. The van der Waals surface area contributed by atoms with Crippen LogP contribution >= 0.6 is 0 Å². The van der Waals surface area contributed by atoms with Crippen molar-refractivity contribution in [2.45, 2.75) is 71.4 Å². The van der Waals surface area contributed by atoms with Gasteiger partial charge in [0.25, 0.3) is 0 Å². The Morgan fingerprint density at radius 2 is 1.90 bits per heavy atom. The van der Waals surface area contributed by atoms with E-state index < -0.39 is 0 Å². The molecule has 112 valence electrons. The van der Waals surface area contributed by atoms with Gasteiger partial charge in [-0.3, -0.25) is 0 Å². The zero-order valence-corrected chi connectivity index (χ0v) is 13.7. The summed E-state index contributed by atoms with van der Waals surface area (Å²) >= 11 is 0. The average Bonchev–Trinajstić information content (AvgIpc) is 2.39. The Morgan fingerprint density at radius 3 is 2.55 bits per heavy atom. The number of hydrogen-bond donors (Lipinski definition) is 0. The summed E-state index contributed by atoms with van der Waals surface area (Å²) in [5.41, 5.74) is 3.08. The van der Waals surface area contributed by atoms with Crippen molar-refractivity contribution in [1.82, 2.24) is 4.90 Å². The Hall–Kier alpha value is -0.820. The second-order valence-corrected chi connectivity index (χ2v) is 6.88. The molecular weight excluding hydrogens is 242 g/mol. The molecule has 0 saturated heterocycles. The molecule has 20 heavy (non-hydrogen) atoms. The highest BCUT2D eigenvalue weighted by molar-refractivity contribution is 5.24. The smallest absolute Gasteiger partial charge is 0.0100 e. The van der Waals surface area contributed by atoms with E-state index in [1.807, 2.05) is 0 Å². The Kier molecular flexibility index (Phi) is 5.65. The van der Waals surface area contributed by atoms with Crippen molar-refractivity contribution in [2.24, 2.45) is 5.92 Å². The Labute approximate surface area is 125 Å². The van der Waals surface area contributed by atoms with Gasteiger partial charge in [0.05, 0.1) is 0 Å². The fourth-order valence-electron chi connectivity index (χ4n) is 3.25. The molecule has 1 aromatic rings. The van der Waals surface area contributed by atoms with E-state index in [0.717, 1.165) is 12.0 Å². The number of aryl methyl sites for hydroxylation is 1. The Bertz CT molecular complexity index is 404. The first-order chi connectivity index (χ1) is 9.60. The van der Waals surface area contributed by atoms with Crippen molar-refractivity contribution < 1.29 is 0 Å². The second kappa shape index (κ2) is 7.26. The van der Waals surface area contributed by atoms with Gasteiger partial charge in [0.2, 0.25) is 0 Å². The molecule has 0 amide bonds. The van der Waals surface area contributed by atoms with Gasteiger partial charge in [-0.25, -0.2) is 0 Å². The summed E-state index contributed by atoms with van der Waals surface area (Å²) in [5, 5.41) is 0. The Balaban J connectivity index is 1.80. The van der Waals surface area contributed by atoms with E-state index in [4.69, 9.17) is 0 Å². The minimum atomic E-state index is 0.679. The maximum Gasteiger partial charge on any atom is 0.0100 e. The molecule has 0 atom stereocenters. The lowest BCUT2D eigenvalue weighted by Crippen LogP contribution is -2.46. The molecule has 1 aliphatic rings. The highest BCUT2D eigenvalue weighted by Crippen LogP contribution is 2.34. The summed E-state index contributed by atoms with van der Waals surface area (Å²) < 4.78 is 0. The van der Waals surface area contributed by atoms with Gasteiger partial charge in [0.1, 0.15) is 0 Å². The lowest BCUT2D eigenvalue weighted by molar-refractivity contribution is 0.0773. The predicted octanol–water partition coefficient (Wildman–Crippen LogP) is 4.69. The van der Waals surface area contributed by atoms with Crippen molar-refractivity contribution in [3.63, 3.8) is 0 Å². The first kappa shape index (κ1) is 15.6. The van der Waals surface area contributed by atoms with Crippen LogP contribution in [0.1, 0.15) is 57.6 Å². The molecule has 0 heterocycles. The molecule has 0 spiro atoms. The standard InChI is InChI=1S/C19H31N/c1-5-6-8-16-9-7-10-17(11-16)12-18-13-19(14-18)20(4)15(2)3/h7,9-11,15,18-19H,5-6,8,12-14H2,1-4H3. The summed E-state index contributed by atoms with van der Waals surface area (Å²) in [6.45, 7) is 6.86. The minimum absolute atomic E-state index is 0.679. The molecule has 0 radical (unpaired) electrons. The minimum Gasteiger partial charge on any atom is -0.301 e. The monoisotopic (exact) mass is 273 g/mol. The SMILES string of the molecule is CCCCc1cccc(CC2CC(N(C)C(C)C)C2)c1. The molecule has 1 nitrogen and oxygen atoms in total. The first-order valence-electron chi connectivity index (χ1n) is 8.40. The topological polar surface area (TPSA) is 3.24 Å². The largest absolute Gasteiger partial charge is 0.301 e. The van der Waals surface area contributed by atoms with Gasteiger partial charge in [-0.05, 0) is 70.0 Å². The van der Waals surface area contributed by atoms with Crippen molar-refractivity contribution in [1.29, 1.82) is 0 Å². The molecular formula is C19H31N. The average molecular weight is 273 g/mol. The normalized spacial score (nSPS) is 22.3. The van der Waals surface area contributed by atoms with E-state index in [2.05, 4.69) is 57.0 Å². The number of hydrogen-bond acceptors (Lipinski definition) is 1. The van der Waals surface area contributed by atoms with Crippen LogP contribution < -0.4 is 0 Å². The summed E-state index contributed by atoms with van der Waals surface area (Å²) in [7, 11) is 2.27. The van der Waals surface area contributed by atoms with E-state index in [1.54, 1.807) is 5.56 Å². The molecule has 0 unspecified atom stereocenters. The van der Waals surface area contributed by atoms with E-state index in [0.29, 0.717) is 6.04 Å². The van der Waals surface area contributed by atoms with E-state index in [9.17, 15) is 0 Å². The maximum absolute atomic E-state index is 2.54. The summed E-state index contributed by atoms with van der Waals surface area (Å²) in [6.07, 6.45) is 7.89. The van der Waals surface area contributed by atoms with Crippen molar-refractivity contribution in [2.75, 3.05) is 7.05 Å². The number of nitrogens with zero attached hydrogens (tertiary/aromatic N) is 1. The van der Waals surface area contributed by atoms with Crippen LogP contribution in [0.4, 0.5) is 0 Å². The van der Waals surface area contributed by atoms with Crippen molar-refractivity contribution in [3.8, 4) is 0 Å². The third-order valence-corrected chi connectivity index (χ3v) is 4.94. The summed E-state index contributed by atoms with van der Waals surface area (Å²) in [6, 6.07) is 10.8. The van der Waals surface area contributed by atoms with Crippen LogP contribution in [-0.4, -0.2) is 24.0 Å². The van der Waals surface area contributed by atoms with Crippen molar-refractivity contribution >= 4 is 0 Å². The first-order valence-corrected chi connectivity index (χ1v) is 8.40. The van der Waals surface area contributed by atoms with Crippen molar-refractivity contribution in [3.05, 3.63) is 35.4 Å². The molecule has 0 aromatic heterocycles. The van der Waals surface area contributed by atoms with Crippen LogP contribution in [-0.2, 0) is 12.8 Å². The third kappa shape index (κ3) is 4.09. The molecule has 0 bridgehead atoms. The maximum atomic E-state index is 2.54. The van der Waals surface area contributed by atoms with Gasteiger partial charge in [-0.2, -0.15) is 0 Å². The van der Waals surface area contributed by atoms with Crippen LogP contribution in [0.3, 0.4) is 0 Å². The van der Waals surface area contributed by atoms with Gasteiger partial charge in [0.15, 0.2) is 0 Å². The fraction of sp³-hybridized carbons (Fsp3) is 0.684. The molecule has 1 heteroatoms. The lowest BCUT2D eigenvalue weighted by Gasteiger charge is -2.43. The lowest BCUT2D eigenvalue weighted by atomic mass is 9.75. The van der Waals surface area contributed by atoms with Crippen LogP contribution in [0.5, 0.6) is 0 Å². The van der Waals surface area contributed by atoms with Gasteiger partial charge < -0.3 is 4.90 Å². The van der Waals surface area contributed by atoms with E-state index in [-0.39, 0.29) is 0 Å². The third-order valence-electron chi connectivity index (χ3n) is 4.94. The molecule has 1 aromatic carbocycles. The zero-order chi connectivity index (χ0) is 14.5. The van der Waals surface area contributed by atoms with E-state index >= 15 is 0 Å². The van der Waals surface area contributed by atoms with Gasteiger partial charge in [-0.1, -0.05) is 37.6 Å². The van der Waals surface area contributed by atoms with Gasteiger partial charge >= 0.3 is 0 Å². The molecule has 0 aliphatic heterocycles. The molecule has 1 aliphatic carbocycles. The highest BCUT2D eigenvalue weighted by atomic mass is 15.2. The highest BCUT2D eigenvalue weighted by Gasteiger charge is 2.32. The molecule has 1 saturated carbocycles. The number of rotatable bonds is 7. The van der Waals surface area contributed by atoms with Crippen LogP contribution in [0, 0.1) is 5.92 Å². The fourth-order valence-corrected chi connectivity index (χ4v) is 3.25. The second-order valence-electron chi connectivity index (χ2n) is 6.88. The Morgan fingerprint density at radius 1 is 1.20 bits per heavy atom. The van der Waals surface area contributed by atoms with Gasteiger partial charge in [0, 0.05) is 12.1 Å². The van der Waals surface area contributed by atoms with Crippen LogP contribution in [0.15, 0.2) is 24.3 Å². The molecule has 0 N–H and O–H groups in total. The zero-order valence-electron chi connectivity index (χ0n) is 13.7. The summed E-state index contributed by atoms with van der Waals surface area (Å²) in [5.74, 6) is 0.905. The quantitative estimate of drug-likeness (QED) is 0.696. The van der Waals surface area contributed by atoms with E-state index in [1.165, 1.54) is 44.1 Å².